The van der Waals surface area contributed by atoms with Crippen molar-refractivity contribution >= 4 is 27.8 Å². The molecule has 2 heterocycles. The van der Waals surface area contributed by atoms with Gasteiger partial charge < -0.3 is 19.7 Å². The fraction of sp³-hybridized carbons (Fsp3) is 0.148. The lowest BCUT2D eigenvalue weighted by Gasteiger charge is -2.14. The summed E-state index contributed by atoms with van der Waals surface area (Å²) in [6.45, 7) is 0. The number of fused-ring (bicyclic) bond motifs is 3. The Kier molecular flexibility index (Phi) is 7.56. The average molecular weight is 543 g/mol. The zero-order chi connectivity index (χ0) is 28.3. The SMILES string of the molecule is COc1cc2c(-c3cccc(F)c3O)nc3[nH]nc(Cc4ccccc4)c3c2cc1OC.O=C(O)C(F)(F)F. The number of methoxy groups -OCH3 is 2. The number of H-pyrrole nitrogens is 1. The van der Waals surface area contributed by atoms with Crippen LogP contribution in [0.2, 0.25) is 0 Å². The zero-order valence-corrected chi connectivity index (χ0v) is 20.5. The molecule has 0 aliphatic rings. The summed E-state index contributed by atoms with van der Waals surface area (Å²) in [7, 11) is 3.12. The minimum absolute atomic E-state index is 0.281. The lowest BCUT2D eigenvalue weighted by Crippen LogP contribution is -2.21. The van der Waals surface area contributed by atoms with E-state index in [-0.39, 0.29) is 5.56 Å². The van der Waals surface area contributed by atoms with Gasteiger partial charge in [0.05, 0.1) is 31.0 Å². The molecule has 0 fully saturated rings. The number of para-hydroxylation sites is 1. The maximum atomic E-state index is 14.1. The highest BCUT2D eigenvalue weighted by atomic mass is 19.4. The molecule has 12 heteroatoms. The average Bonchev–Trinajstić information content (AvgIpc) is 3.32. The summed E-state index contributed by atoms with van der Waals surface area (Å²) in [5, 5.41) is 27.4. The van der Waals surface area contributed by atoms with Gasteiger partial charge in [0.1, 0.15) is 0 Å². The molecule has 39 heavy (non-hydrogen) atoms. The second kappa shape index (κ2) is 10.9. The fourth-order valence-electron chi connectivity index (χ4n) is 4.02. The maximum Gasteiger partial charge on any atom is 0.490 e. The van der Waals surface area contributed by atoms with Crippen molar-refractivity contribution in [3.8, 4) is 28.5 Å². The summed E-state index contributed by atoms with van der Waals surface area (Å²) in [6.07, 6.45) is -4.48. The predicted octanol–water partition coefficient (Wildman–Crippen LogP) is 5.86. The molecule has 0 spiro atoms. The molecule has 202 valence electrons. The highest BCUT2D eigenvalue weighted by Gasteiger charge is 2.38. The normalized spacial score (nSPS) is 11.2. The smallest absolute Gasteiger partial charge is 0.490 e. The number of carboxylic acid groups (broad SMARTS) is 1. The number of ether oxygens (including phenoxy) is 2. The molecule has 3 aromatic carbocycles. The predicted molar refractivity (Wildman–Crippen MR) is 134 cm³/mol. The van der Waals surface area contributed by atoms with E-state index >= 15 is 0 Å². The van der Waals surface area contributed by atoms with Gasteiger partial charge in [-0.2, -0.15) is 18.3 Å². The number of pyridine rings is 1. The molecule has 3 N–H and O–H groups in total. The van der Waals surface area contributed by atoms with E-state index in [1.807, 2.05) is 36.4 Å². The van der Waals surface area contributed by atoms with E-state index in [1.54, 1.807) is 26.4 Å². The van der Waals surface area contributed by atoms with Crippen molar-refractivity contribution in [3.05, 3.63) is 77.7 Å². The Morgan fingerprint density at radius 2 is 1.59 bits per heavy atom. The first kappa shape index (κ1) is 27.2. The Morgan fingerprint density at radius 3 is 2.18 bits per heavy atom. The van der Waals surface area contributed by atoms with Gasteiger partial charge in [-0.15, -0.1) is 0 Å². The van der Waals surface area contributed by atoms with Gasteiger partial charge in [-0.05, 0) is 29.8 Å². The summed E-state index contributed by atoms with van der Waals surface area (Å²) >= 11 is 0. The van der Waals surface area contributed by atoms with Crippen LogP contribution in [-0.2, 0) is 11.2 Å². The number of rotatable bonds is 5. The maximum absolute atomic E-state index is 14.1. The molecule has 0 saturated carbocycles. The number of aromatic amines is 1. The van der Waals surface area contributed by atoms with Crippen molar-refractivity contribution in [2.75, 3.05) is 14.2 Å². The van der Waals surface area contributed by atoms with Gasteiger partial charge in [0, 0.05) is 22.8 Å². The van der Waals surface area contributed by atoms with E-state index < -0.39 is 23.7 Å². The van der Waals surface area contributed by atoms with Crippen LogP contribution in [0.5, 0.6) is 17.2 Å². The number of carbonyl (C=O) groups is 1. The number of phenolic OH excluding ortho intramolecular Hbond substituents is 1. The minimum Gasteiger partial charge on any atom is -0.504 e. The number of aromatic nitrogens is 3. The van der Waals surface area contributed by atoms with Crippen LogP contribution in [0.15, 0.2) is 60.7 Å². The van der Waals surface area contributed by atoms with Gasteiger partial charge in [0.2, 0.25) is 0 Å². The highest BCUT2D eigenvalue weighted by Crippen LogP contribution is 2.42. The number of nitrogens with one attached hydrogen (secondary N) is 1. The van der Waals surface area contributed by atoms with E-state index in [0.29, 0.717) is 34.6 Å². The fourth-order valence-corrected chi connectivity index (χ4v) is 4.02. The van der Waals surface area contributed by atoms with Crippen LogP contribution in [0, 0.1) is 5.82 Å². The van der Waals surface area contributed by atoms with Crippen molar-refractivity contribution in [1.82, 2.24) is 15.2 Å². The second-order valence-corrected chi connectivity index (χ2v) is 8.21. The third-order valence-corrected chi connectivity index (χ3v) is 5.79. The van der Waals surface area contributed by atoms with E-state index in [1.165, 1.54) is 12.1 Å². The molecule has 0 saturated heterocycles. The highest BCUT2D eigenvalue weighted by molar-refractivity contribution is 6.12. The van der Waals surface area contributed by atoms with E-state index in [2.05, 4.69) is 10.2 Å². The number of nitrogens with zero attached hydrogens (tertiary/aromatic N) is 2. The molecule has 0 atom stereocenters. The number of aromatic hydroxyl groups is 1. The Labute approximate surface area is 218 Å². The third-order valence-electron chi connectivity index (χ3n) is 5.79. The molecule has 0 amide bonds. The molecule has 0 aliphatic heterocycles. The van der Waals surface area contributed by atoms with Gasteiger partial charge in [-0.1, -0.05) is 36.4 Å². The largest absolute Gasteiger partial charge is 0.504 e. The van der Waals surface area contributed by atoms with Crippen molar-refractivity contribution in [1.29, 1.82) is 0 Å². The van der Waals surface area contributed by atoms with Crippen LogP contribution in [0.1, 0.15) is 11.3 Å². The van der Waals surface area contributed by atoms with Crippen LogP contribution in [0.4, 0.5) is 17.6 Å². The number of benzene rings is 3. The van der Waals surface area contributed by atoms with Crippen molar-refractivity contribution in [2.24, 2.45) is 0 Å². The Balaban J connectivity index is 0.000000448. The van der Waals surface area contributed by atoms with Crippen LogP contribution in [-0.4, -0.2) is 51.8 Å². The molecule has 2 aromatic heterocycles. The van der Waals surface area contributed by atoms with Crippen LogP contribution in [0.3, 0.4) is 0 Å². The number of alkyl halides is 3. The monoisotopic (exact) mass is 543 g/mol. The van der Waals surface area contributed by atoms with Crippen LogP contribution in [0.25, 0.3) is 33.1 Å². The molecule has 0 radical (unpaired) electrons. The van der Waals surface area contributed by atoms with Crippen molar-refractivity contribution in [2.45, 2.75) is 12.6 Å². The first-order chi connectivity index (χ1) is 18.5. The Morgan fingerprint density at radius 1 is 0.974 bits per heavy atom. The summed E-state index contributed by atoms with van der Waals surface area (Å²) in [5.41, 5.74) is 3.17. The topological polar surface area (TPSA) is 118 Å². The first-order valence-electron chi connectivity index (χ1n) is 11.3. The second-order valence-electron chi connectivity index (χ2n) is 8.21. The molecular weight excluding hydrogens is 522 g/mol. The third kappa shape index (κ3) is 5.54. The van der Waals surface area contributed by atoms with Gasteiger partial charge in [0.15, 0.2) is 28.7 Å². The van der Waals surface area contributed by atoms with E-state index in [4.69, 9.17) is 24.4 Å². The minimum atomic E-state index is -5.08. The number of phenols is 1. The number of halogens is 4. The molecule has 0 bridgehead atoms. The van der Waals surface area contributed by atoms with Gasteiger partial charge >= 0.3 is 12.1 Å². The summed E-state index contributed by atoms with van der Waals surface area (Å²) in [4.78, 5) is 13.6. The Hall–Kier alpha value is -4.87. The molecule has 0 aliphatic carbocycles. The molecular formula is C27H21F4N3O5. The quantitative estimate of drug-likeness (QED) is 0.238. The summed E-state index contributed by atoms with van der Waals surface area (Å²) in [5.74, 6) is -2.88. The van der Waals surface area contributed by atoms with Gasteiger partial charge in [0.25, 0.3) is 0 Å². The summed E-state index contributed by atoms with van der Waals surface area (Å²) in [6, 6.07) is 18.0. The molecule has 0 unspecified atom stereocenters. The van der Waals surface area contributed by atoms with Crippen LogP contribution < -0.4 is 9.47 Å². The van der Waals surface area contributed by atoms with Gasteiger partial charge in [-0.3, -0.25) is 5.10 Å². The Bertz CT molecular complexity index is 1650. The lowest BCUT2D eigenvalue weighted by atomic mass is 9.98. The number of aliphatic carboxylic acids is 1. The van der Waals surface area contributed by atoms with E-state index in [9.17, 15) is 22.7 Å². The standard InChI is InChI=1S/C25H20FN3O3.C2HF3O2/c1-31-20-12-16-17(13-21(20)32-2)23(15-9-6-10-18(26)24(15)30)27-25-22(16)19(28-29-25)11-14-7-4-3-5-8-14;3-2(4,5)1(6)7/h3-10,12-13,30H,11H2,1-2H3,(H,27,28,29);(H,6,7). The molecule has 8 nitrogen and oxygen atoms in total. The summed E-state index contributed by atoms with van der Waals surface area (Å²) < 4.78 is 56.9. The number of hydrogen-bond donors (Lipinski definition) is 3. The number of hydrogen-bond acceptors (Lipinski definition) is 6. The van der Waals surface area contributed by atoms with Crippen molar-refractivity contribution < 1.29 is 42.0 Å². The molecule has 5 aromatic rings. The van der Waals surface area contributed by atoms with Gasteiger partial charge in [-0.25, -0.2) is 14.2 Å². The number of carboxylic acids is 1. The lowest BCUT2D eigenvalue weighted by molar-refractivity contribution is -0.192. The first-order valence-corrected chi connectivity index (χ1v) is 11.3. The van der Waals surface area contributed by atoms with Crippen molar-refractivity contribution in [3.63, 3.8) is 0 Å². The zero-order valence-electron chi connectivity index (χ0n) is 20.5. The molecule has 5 rings (SSSR count). The van der Waals surface area contributed by atoms with E-state index in [0.717, 1.165) is 22.0 Å². The van der Waals surface area contributed by atoms with Crippen LogP contribution >= 0.6 is 0 Å².